The molecule has 160 valence electrons. The summed E-state index contributed by atoms with van der Waals surface area (Å²) in [7, 11) is 0. The summed E-state index contributed by atoms with van der Waals surface area (Å²) in [5.74, 6) is 0.615. The molecule has 3 rings (SSSR count). The minimum atomic E-state index is -0.799. The first-order chi connectivity index (χ1) is 15.0. The highest BCUT2D eigenvalue weighted by molar-refractivity contribution is 5.95. The molecule has 0 aliphatic rings. The summed E-state index contributed by atoms with van der Waals surface area (Å²) >= 11 is 0. The van der Waals surface area contributed by atoms with Crippen molar-refractivity contribution >= 4 is 17.3 Å². The van der Waals surface area contributed by atoms with Crippen molar-refractivity contribution < 1.29 is 19.2 Å². The van der Waals surface area contributed by atoms with Crippen LogP contribution in [0.4, 0.5) is 11.4 Å². The molecule has 3 aromatic carbocycles. The molecule has 31 heavy (non-hydrogen) atoms. The molecule has 7 nitrogen and oxygen atoms in total. The van der Waals surface area contributed by atoms with E-state index in [-0.39, 0.29) is 11.6 Å². The number of para-hydroxylation sites is 2. The van der Waals surface area contributed by atoms with Gasteiger partial charge in [0.25, 0.3) is 11.6 Å². The van der Waals surface area contributed by atoms with Gasteiger partial charge in [-0.15, -0.1) is 0 Å². The first kappa shape index (κ1) is 21.8. The molecule has 1 N–H and O–H groups in total. The Morgan fingerprint density at radius 1 is 1.00 bits per heavy atom. The number of rotatable bonds is 10. The van der Waals surface area contributed by atoms with Crippen LogP contribution in [0.25, 0.3) is 0 Å². The quantitative estimate of drug-likeness (QED) is 0.283. The molecule has 1 amide bonds. The summed E-state index contributed by atoms with van der Waals surface area (Å²) in [5, 5.41) is 13.6. The Balaban J connectivity index is 1.52. The number of carbonyl (C=O) groups is 1. The van der Waals surface area contributed by atoms with E-state index in [1.807, 2.05) is 30.3 Å². The van der Waals surface area contributed by atoms with Crippen molar-refractivity contribution in [2.45, 2.75) is 25.9 Å². The normalized spacial score (nSPS) is 11.4. The second-order valence-electron chi connectivity index (χ2n) is 6.93. The molecule has 0 fully saturated rings. The number of nitrogens with zero attached hydrogens (tertiary/aromatic N) is 1. The van der Waals surface area contributed by atoms with Crippen molar-refractivity contribution in [1.29, 1.82) is 0 Å². The van der Waals surface area contributed by atoms with Gasteiger partial charge < -0.3 is 14.8 Å². The molecule has 1 unspecified atom stereocenters. The van der Waals surface area contributed by atoms with Crippen LogP contribution < -0.4 is 14.8 Å². The van der Waals surface area contributed by atoms with Crippen LogP contribution in [-0.4, -0.2) is 23.5 Å². The number of ether oxygens (including phenoxy) is 2. The lowest BCUT2D eigenvalue weighted by Gasteiger charge is -2.17. The fourth-order valence-corrected chi connectivity index (χ4v) is 2.94. The lowest BCUT2D eigenvalue weighted by atomic mass is 10.1. The first-order valence-electron chi connectivity index (χ1n) is 10.0. The van der Waals surface area contributed by atoms with Crippen LogP contribution in [0, 0.1) is 10.1 Å². The van der Waals surface area contributed by atoms with E-state index in [9.17, 15) is 14.9 Å². The molecule has 3 aromatic rings. The molecule has 0 aromatic heterocycles. The Bertz CT molecular complexity index is 1010. The zero-order valence-corrected chi connectivity index (χ0v) is 17.2. The van der Waals surface area contributed by atoms with E-state index >= 15 is 0 Å². The summed E-state index contributed by atoms with van der Waals surface area (Å²) in [4.78, 5) is 22.8. The van der Waals surface area contributed by atoms with Crippen LogP contribution in [0.3, 0.4) is 0 Å². The van der Waals surface area contributed by atoms with Crippen molar-refractivity contribution in [2.75, 3.05) is 11.9 Å². The molecular weight excluding hydrogens is 396 g/mol. The Hall–Kier alpha value is -3.87. The van der Waals surface area contributed by atoms with Gasteiger partial charge in [-0.05, 0) is 49.6 Å². The summed E-state index contributed by atoms with van der Waals surface area (Å²) in [6, 6.07) is 23.0. The highest BCUT2D eigenvalue weighted by Crippen LogP contribution is 2.25. The average molecular weight is 420 g/mol. The van der Waals surface area contributed by atoms with E-state index in [2.05, 4.69) is 17.4 Å². The predicted molar refractivity (Wildman–Crippen MR) is 119 cm³/mol. The summed E-state index contributed by atoms with van der Waals surface area (Å²) < 4.78 is 11.5. The average Bonchev–Trinajstić information content (AvgIpc) is 2.78. The van der Waals surface area contributed by atoms with Crippen LogP contribution in [-0.2, 0) is 11.2 Å². The predicted octanol–water partition coefficient (Wildman–Crippen LogP) is 5.01. The summed E-state index contributed by atoms with van der Waals surface area (Å²) in [5.41, 5.74) is 1.78. The fourth-order valence-electron chi connectivity index (χ4n) is 2.94. The SMILES string of the molecule is CC(Oc1ccc([N+](=O)[O-])cc1)C(=O)Nc1ccccc1OCCCc1ccccc1. The number of amides is 1. The van der Waals surface area contributed by atoms with Gasteiger partial charge in [0, 0.05) is 12.1 Å². The number of aryl methyl sites for hydroxylation is 1. The van der Waals surface area contributed by atoms with Crippen molar-refractivity contribution in [3.63, 3.8) is 0 Å². The van der Waals surface area contributed by atoms with Gasteiger partial charge in [-0.1, -0.05) is 42.5 Å². The minimum absolute atomic E-state index is 0.0391. The smallest absolute Gasteiger partial charge is 0.269 e. The van der Waals surface area contributed by atoms with Gasteiger partial charge in [0.15, 0.2) is 6.10 Å². The number of nitro groups is 1. The maximum Gasteiger partial charge on any atom is 0.269 e. The van der Waals surface area contributed by atoms with Gasteiger partial charge in [-0.25, -0.2) is 0 Å². The molecular formula is C24H24N2O5. The minimum Gasteiger partial charge on any atom is -0.491 e. The molecule has 0 heterocycles. The number of non-ortho nitro benzene ring substituents is 1. The number of benzene rings is 3. The maximum atomic E-state index is 12.6. The standard InChI is InChI=1S/C24H24N2O5/c1-18(31-21-15-13-20(14-16-21)26(28)29)24(27)25-22-11-5-6-12-23(22)30-17-7-10-19-8-3-2-4-9-19/h2-6,8-9,11-16,18H,7,10,17H2,1H3,(H,25,27). The van der Waals surface area contributed by atoms with E-state index in [1.165, 1.54) is 29.8 Å². The van der Waals surface area contributed by atoms with Crippen LogP contribution in [0.5, 0.6) is 11.5 Å². The number of hydrogen-bond acceptors (Lipinski definition) is 5. The maximum absolute atomic E-state index is 12.6. The molecule has 7 heteroatoms. The Labute approximate surface area is 180 Å². The largest absolute Gasteiger partial charge is 0.491 e. The van der Waals surface area contributed by atoms with Crippen molar-refractivity contribution in [3.05, 3.63) is 94.5 Å². The lowest BCUT2D eigenvalue weighted by molar-refractivity contribution is -0.384. The van der Waals surface area contributed by atoms with E-state index in [1.54, 1.807) is 19.1 Å². The zero-order chi connectivity index (χ0) is 22.1. The van der Waals surface area contributed by atoms with Gasteiger partial charge in [0.05, 0.1) is 17.2 Å². The molecule has 0 bridgehead atoms. The van der Waals surface area contributed by atoms with Crippen molar-refractivity contribution in [3.8, 4) is 11.5 Å². The monoisotopic (exact) mass is 420 g/mol. The molecule has 0 aliphatic carbocycles. The van der Waals surface area contributed by atoms with Gasteiger partial charge >= 0.3 is 0 Å². The van der Waals surface area contributed by atoms with Crippen LogP contribution in [0.1, 0.15) is 18.9 Å². The Morgan fingerprint density at radius 3 is 2.39 bits per heavy atom. The van der Waals surface area contributed by atoms with Crippen LogP contribution >= 0.6 is 0 Å². The van der Waals surface area contributed by atoms with E-state index in [0.717, 1.165) is 12.8 Å². The van der Waals surface area contributed by atoms with Gasteiger partial charge in [-0.3, -0.25) is 14.9 Å². The molecule has 0 aliphatic heterocycles. The van der Waals surface area contributed by atoms with Gasteiger partial charge in [0.2, 0.25) is 0 Å². The van der Waals surface area contributed by atoms with Crippen LogP contribution in [0.15, 0.2) is 78.9 Å². The number of hydrogen-bond donors (Lipinski definition) is 1. The van der Waals surface area contributed by atoms with Crippen LogP contribution in [0.2, 0.25) is 0 Å². The number of anilines is 1. The van der Waals surface area contributed by atoms with Crippen molar-refractivity contribution in [1.82, 2.24) is 0 Å². The number of nitro benzene ring substituents is 1. The Kier molecular flexibility index (Phi) is 7.59. The zero-order valence-electron chi connectivity index (χ0n) is 17.2. The molecule has 0 spiro atoms. The molecule has 0 saturated carbocycles. The number of nitrogens with one attached hydrogen (secondary N) is 1. The van der Waals surface area contributed by atoms with E-state index in [0.29, 0.717) is 23.8 Å². The second-order valence-corrected chi connectivity index (χ2v) is 6.93. The molecule has 0 radical (unpaired) electrons. The third-order valence-corrected chi connectivity index (χ3v) is 4.58. The second kappa shape index (κ2) is 10.8. The van der Waals surface area contributed by atoms with E-state index in [4.69, 9.17) is 9.47 Å². The number of carbonyl (C=O) groups excluding carboxylic acids is 1. The molecule has 0 saturated heterocycles. The van der Waals surface area contributed by atoms with Gasteiger partial charge in [0.1, 0.15) is 11.5 Å². The van der Waals surface area contributed by atoms with Gasteiger partial charge in [-0.2, -0.15) is 0 Å². The third-order valence-electron chi connectivity index (χ3n) is 4.58. The summed E-state index contributed by atoms with van der Waals surface area (Å²) in [6.07, 6.45) is 0.967. The van der Waals surface area contributed by atoms with Crippen molar-refractivity contribution in [2.24, 2.45) is 0 Å². The topological polar surface area (TPSA) is 90.7 Å². The highest BCUT2D eigenvalue weighted by atomic mass is 16.6. The van der Waals surface area contributed by atoms with E-state index < -0.39 is 11.0 Å². The molecule has 1 atom stereocenters. The first-order valence-corrected chi connectivity index (χ1v) is 10.0. The highest BCUT2D eigenvalue weighted by Gasteiger charge is 2.17. The Morgan fingerprint density at radius 2 is 1.68 bits per heavy atom. The lowest BCUT2D eigenvalue weighted by Crippen LogP contribution is -2.30. The summed E-state index contributed by atoms with van der Waals surface area (Å²) in [6.45, 7) is 2.14. The third kappa shape index (κ3) is 6.57. The fraction of sp³-hybridized carbons (Fsp3) is 0.208.